The molecule has 0 rings (SSSR count). The first-order valence-electron chi connectivity index (χ1n) is 35.8. The summed E-state index contributed by atoms with van der Waals surface area (Å²) in [6, 6.07) is 0. The Kier molecular flexibility index (Phi) is 67.1. The molecule has 0 aromatic rings. The van der Waals surface area contributed by atoms with Crippen LogP contribution < -0.4 is 0 Å². The first-order valence-corrected chi connectivity index (χ1v) is 35.8. The topological polar surface area (TPSA) is 78.9 Å². The van der Waals surface area contributed by atoms with E-state index >= 15 is 0 Å². The van der Waals surface area contributed by atoms with Gasteiger partial charge >= 0.3 is 17.9 Å². The summed E-state index contributed by atoms with van der Waals surface area (Å²) in [5, 5.41) is 0. The van der Waals surface area contributed by atoms with Gasteiger partial charge in [-0.1, -0.05) is 338 Å². The second kappa shape index (κ2) is 69.6. The molecule has 6 nitrogen and oxygen atoms in total. The van der Waals surface area contributed by atoms with Gasteiger partial charge < -0.3 is 14.2 Å². The predicted molar refractivity (Wildman–Crippen MR) is 353 cm³/mol. The Hall–Kier alpha value is -2.89. The summed E-state index contributed by atoms with van der Waals surface area (Å²) < 4.78 is 17.0. The largest absolute Gasteiger partial charge is 0.462 e. The van der Waals surface area contributed by atoms with Gasteiger partial charge in [-0.2, -0.15) is 0 Å². The molecule has 0 spiro atoms. The molecular weight excluding hydrogens is 997 g/mol. The van der Waals surface area contributed by atoms with Crippen molar-refractivity contribution >= 4 is 17.9 Å². The maximum absolute atomic E-state index is 13.0. The van der Waals surface area contributed by atoms with E-state index in [2.05, 4.69) is 81.5 Å². The Morgan fingerprint density at radius 1 is 0.259 bits per heavy atom. The Balaban J connectivity index is 4.35. The number of hydrogen-bond donors (Lipinski definition) is 0. The molecule has 1 unspecified atom stereocenters. The van der Waals surface area contributed by atoms with Gasteiger partial charge in [0, 0.05) is 19.3 Å². The van der Waals surface area contributed by atoms with Gasteiger partial charge in [0.2, 0.25) is 0 Å². The lowest BCUT2D eigenvalue weighted by atomic mass is 10.0. The van der Waals surface area contributed by atoms with Crippen LogP contribution in [0.15, 0.2) is 60.8 Å². The second-order valence-corrected chi connectivity index (χ2v) is 24.1. The van der Waals surface area contributed by atoms with E-state index in [0.717, 1.165) is 89.9 Å². The zero-order valence-electron chi connectivity index (χ0n) is 54.3. The molecule has 0 aliphatic heterocycles. The molecule has 0 radical (unpaired) electrons. The van der Waals surface area contributed by atoms with E-state index in [4.69, 9.17) is 14.2 Å². The van der Waals surface area contributed by atoms with Gasteiger partial charge in [-0.05, 0) is 83.5 Å². The van der Waals surface area contributed by atoms with Gasteiger partial charge in [0.25, 0.3) is 0 Å². The number of ether oxygens (including phenoxy) is 3. The standard InChI is InChI=1S/C75H136O6/c1-4-7-10-13-16-19-22-25-28-31-34-37-40-43-46-49-52-55-58-61-64-67-73(76)79-70-72(81-75(78)69-66-63-60-57-54-51-48-45-42-39-36-33-30-27-24-21-18-15-12-9-6-3)71-80-74(77)68-65-62-59-56-53-50-47-44-41-38-35-32-29-26-23-20-17-14-11-8-5-2/h7,10,16,19,25,28,33-34,36-37,72H,4-6,8-9,11-15,17-18,20-24,26-27,29-32,35,38-71H2,1-3H3/b10-7-,19-16-,28-25-,36-33-,37-34-. The highest BCUT2D eigenvalue weighted by Crippen LogP contribution is 2.18. The molecule has 472 valence electrons. The van der Waals surface area contributed by atoms with Crippen molar-refractivity contribution < 1.29 is 28.6 Å². The Morgan fingerprint density at radius 3 is 0.765 bits per heavy atom. The van der Waals surface area contributed by atoms with E-state index in [1.54, 1.807) is 0 Å². The molecule has 1 atom stereocenters. The van der Waals surface area contributed by atoms with E-state index in [9.17, 15) is 14.4 Å². The molecule has 0 saturated heterocycles. The first kappa shape index (κ1) is 78.1. The number of esters is 3. The fourth-order valence-electron chi connectivity index (χ4n) is 10.7. The third-order valence-corrected chi connectivity index (χ3v) is 16.0. The summed E-state index contributed by atoms with van der Waals surface area (Å²) in [6.45, 7) is 6.59. The van der Waals surface area contributed by atoms with Crippen LogP contribution in [-0.4, -0.2) is 37.2 Å². The van der Waals surface area contributed by atoms with Crippen LogP contribution in [-0.2, 0) is 28.6 Å². The third-order valence-electron chi connectivity index (χ3n) is 16.0. The van der Waals surface area contributed by atoms with Gasteiger partial charge in [0.05, 0.1) is 0 Å². The monoisotopic (exact) mass is 1130 g/mol. The van der Waals surface area contributed by atoms with E-state index in [0.29, 0.717) is 19.3 Å². The zero-order valence-corrected chi connectivity index (χ0v) is 54.3. The minimum Gasteiger partial charge on any atom is -0.462 e. The fourth-order valence-corrected chi connectivity index (χ4v) is 10.7. The molecule has 6 heteroatoms. The van der Waals surface area contributed by atoms with Crippen molar-refractivity contribution in [2.24, 2.45) is 0 Å². The number of hydrogen-bond acceptors (Lipinski definition) is 6. The number of carbonyl (C=O) groups is 3. The summed E-state index contributed by atoms with van der Waals surface area (Å²) >= 11 is 0. The summed E-state index contributed by atoms with van der Waals surface area (Å²) in [5.41, 5.74) is 0. The van der Waals surface area contributed by atoms with Gasteiger partial charge in [0.1, 0.15) is 13.2 Å². The smallest absolute Gasteiger partial charge is 0.306 e. The minimum atomic E-state index is -0.779. The Labute approximate surface area is 504 Å². The van der Waals surface area contributed by atoms with Crippen LogP contribution in [0.25, 0.3) is 0 Å². The van der Waals surface area contributed by atoms with Crippen LogP contribution >= 0.6 is 0 Å². The summed E-state index contributed by atoms with van der Waals surface area (Å²) in [5.74, 6) is -0.857. The number of rotatable bonds is 66. The molecule has 0 aromatic carbocycles. The SMILES string of the molecule is CC/C=C\C/C=C\C/C=C\C/C=C\CCCCCCCCCCC(=O)OCC(COC(=O)CCCCCCCCCCCCCCCCCCCCCCC)OC(=O)CCCCCCCCCCC/C=C\CCCCCCCCCC. The summed E-state index contributed by atoms with van der Waals surface area (Å²) in [6.07, 6.45) is 89.6. The lowest BCUT2D eigenvalue weighted by Gasteiger charge is -2.18. The highest BCUT2D eigenvalue weighted by atomic mass is 16.6. The molecule has 0 aliphatic rings. The maximum Gasteiger partial charge on any atom is 0.306 e. The molecule has 0 amide bonds. The molecule has 81 heavy (non-hydrogen) atoms. The van der Waals surface area contributed by atoms with Crippen molar-refractivity contribution in [1.29, 1.82) is 0 Å². The predicted octanol–water partition coefficient (Wildman–Crippen LogP) is 24.7. The molecule has 0 saturated carbocycles. The van der Waals surface area contributed by atoms with Gasteiger partial charge in [-0.25, -0.2) is 0 Å². The van der Waals surface area contributed by atoms with E-state index in [1.165, 1.54) is 250 Å². The maximum atomic E-state index is 13.0. The minimum absolute atomic E-state index is 0.0733. The average molecular weight is 1130 g/mol. The van der Waals surface area contributed by atoms with Crippen molar-refractivity contribution in [3.05, 3.63) is 60.8 Å². The van der Waals surface area contributed by atoms with E-state index in [1.807, 2.05) is 0 Å². The van der Waals surface area contributed by atoms with Crippen LogP contribution in [0.4, 0.5) is 0 Å². The molecule has 0 fully saturated rings. The van der Waals surface area contributed by atoms with Gasteiger partial charge in [-0.15, -0.1) is 0 Å². The quantitative estimate of drug-likeness (QED) is 0.0261. The number of unbranched alkanes of at least 4 members (excludes halogenated alkanes) is 45. The van der Waals surface area contributed by atoms with Crippen molar-refractivity contribution in [3.63, 3.8) is 0 Å². The molecule has 0 N–H and O–H groups in total. The van der Waals surface area contributed by atoms with Crippen LogP contribution in [0.2, 0.25) is 0 Å². The summed E-state index contributed by atoms with van der Waals surface area (Å²) in [4.78, 5) is 38.5. The summed E-state index contributed by atoms with van der Waals surface area (Å²) in [7, 11) is 0. The highest BCUT2D eigenvalue weighted by Gasteiger charge is 2.19. The van der Waals surface area contributed by atoms with Crippen LogP contribution in [0.1, 0.15) is 380 Å². The first-order chi connectivity index (χ1) is 40.0. The second-order valence-electron chi connectivity index (χ2n) is 24.1. The van der Waals surface area contributed by atoms with Crippen molar-refractivity contribution in [3.8, 4) is 0 Å². The van der Waals surface area contributed by atoms with Crippen molar-refractivity contribution in [1.82, 2.24) is 0 Å². The van der Waals surface area contributed by atoms with Crippen molar-refractivity contribution in [2.45, 2.75) is 386 Å². The molecule has 0 aliphatic carbocycles. The zero-order chi connectivity index (χ0) is 58.5. The normalized spacial score (nSPS) is 12.4. The third kappa shape index (κ3) is 67.8. The van der Waals surface area contributed by atoms with Crippen LogP contribution in [0.3, 0.4) is 0 Å². The van der Waals surface area contributed by atoms with Crippen molar-refractivity contribution in [2.75, 3.05) is 13.2 Å². The lowest BCUT2D eigenvalue weighted by Crippen LogP contribution is -2.30. The highest BCUT2D eigenvalue weighted by molar-refractivity contribution is 5.71. The fraction of sp³-hybridized carbons (Fsp3) is 0.827. The molecule has 0 bridgehead atoms. The Morgan fingerprint density at radius 2 is 0.481 bits per heavy atom. The molecular formula is C75H136O6. The van der Waals surface area contributed by atoms with Crippen LogP contribution in [0.5, 0.6) is 0 Å². The van der Waals surface area contributed by atoms with E-state index in [-0.39, 0.29) is 31.1 Å². The molecule has 0 heterocycles. The number of carbonyl (C=O) groups excluding carboxylic acids is 3. The molecule has 0 aromatic heterocycles. The van der Waals surface area contributed by atoms with Crippen LogP contribution in [0, 0.1) is 0 Å². The lowest BCUT2D eigenvalue weighted by molar-refractivity contribution is -0.167. The average Bonchev–Trinajstić information content (AvgIpc) is 3.47. The van der Waals surface area contributed by atoms with E-state index < -0.39 is 6.10 Å². The number of allylic oxidation sites excluding steroid dienone is 10. The Bertz CT molecular complexity index is 1440. The van der Waals surface area contributed by atoms with Gasteiger partial charge in [0.15, 0.2) is 6.10 Å². The van der Waals surface area contributed by atoms with Gasteiger partial charge in [-0.3, -0.25) is 14.4 Å².